The summed E-state index contributed by atoms with van der Waals surface area (Å²) in [6.07, 6.45) is 6.05. The van der Waals surface area contributed by atoms with Crippen molar-refractivity contribution in [1.29, 1.82) is 0 Å². The van der Waals surface area contributed by atoms with E-state index in [0.29, 0.717) is 11.9 Å². The number of rotatable bonds is 10. The first kappa shape index (κ1) is 18.0. The lowest BCUT2D eigenvalue weighted by Crippen LogP contribution is -2.49. The SMILES string of the molecule is CCCC[C@@H]([C@H](CCC)B(OC)OC)N1CCOCC1. The first-order chi connectivity index (χ1) is 9.78. The van der Waals surface area contributed by atoms with Crippen LogP contribution in [0.2, 0.25) is 5.82 Å². The van der Waals surface area contributed by atoms with Gasteiger partial charge >= 0.3 is 7.12 Å². The molecule has 0 saturated carbocycles. The maximum atomic E-state index is 5.59. The zero-order valence-corrected chi connectivity index (χ0v) is 13.8. The normalized spacial score (nSPS) is 19.8. The Morgan fingerprint density at radius 2 is 1.70 bits per heavy atom. The number of nitrogens with zero attached hydrogens (tertiary/aromatic N) is 1. The van der Waals surface area contributed by atoms with Crippen LogP contribution in [-0.2, 0) is 14.0 Å². The molecule has 0 aliphatic carbocycles. The number of unbranched alkanes of at least 4 members (excludes halogenated alkanes) is 1. The van der Waals surface area contributed by atoms with Crippen molar-refractivity contribution >= 4 is 7.12 Å². The molecule has 1 heterocycles. The van der Waals surface area contributed by atoms with E-state index in [-0.39, 0.29) is 7.12 Å². The van der Waals surface area contributed by atoms with Gasteiger partial charge in [0.1, 0.15) is 0 Å². The standard InChI is InChI=1S/C15H32BNO3/c1-5-7-9-15(17-10-12-20-13-11-17)14(8-6-2)16(18-3)19-4/h14-15H,5-13H2,1-4H3/t14-,15-/m0/s1. The maximum Gasteiger partial charge on any atom is 0.461 e. The first-order valence-electron chi connectivity index (χ1n) is 8.15. The van der Waals surface area contributed by atoms with E-state index in [2.05, 4.69) is 18.7 Å². The van der Waals surface area contributed by atoms with Crippen molar-refractivity contribution in [3.8, 4) is 0 Å². The van der Waals surface area contributed by atoms with E-state index in [1.807, 2.05) is 0 Å². The van der Waals surface area contributed by atoms with E-state index in [9.17, 15) is 0 Å². The van der Waals surface area contributed by atoms with Gasteiger partial charge in [0.2, 0.25) is 0 Å². The molecule has 2 atom stereocenters. The molecule has 0 radical (unpaired) electrons. The van der Waals surface area contributed by atoms with Crippen LogP contribution < -0.4 is 0 Å². The molecule has 0 aromatic heterocycles. The van der Waals surface area contributed by atoms with Gasteiger partial charge in [0.25, 0.3) is 0 Å². The fourth-order valence-electron chi connectivity index (χ4n) is 3.28. The lowest BCUT2D eigenvalue weighted by Gasteiger charge is -2.40. The molecule has 1 saturated heterocycles. The Morgan fingerprint density at radius 1 is 1.05 bits per heavy atom. The summed E-state index contributed by atoms with van der Waals surface area (Å²) < 4.78 is 16.7. The number of ether oxygens (including phenoxy) is 1. The summed E-state index contributed by atoms with van der Waals surface area (Å²) in [6.45, 7) is 8.28. The molecule has 0 bridgehead atoms. The predicted molar refractivity (Wildman–Crippen MR) is 84.1 cm³/mol. The Balaban J connectivity index is 2.78. The van der Waals surface area contributed by atoms with E-state index in [1.54, 1.807) is 14.2 Å². The summed E-state index contributed by atoms with van der Waals surface area (Å²) in [5.41, 5.74) is 0. The highest BCUT2D eigenvalue weighted by atomic mass is 16.6. The van der Waals surface area contributed by atoms with Crippen LogP contribution in [0.1, 0.15) is 46.0 Å². The third-order valence-electron chi connectivity index (χ3n) is 4.30. The van der Waals surface area contributed by atoms with Gasteiger partial charge in [0.05, 0.1) is 13.2 Å². The Labute approximate surface area is 125 Å². The van der Waals surface area contributed by atoms with Crippen LogP contribution in [0.15, 0.2) is 0 Å². The van der Waals surface area contributed by atoms with Crippen molar-refractivity contribution in [3.63, 3.8) is 0 Å². The summed E-state index contributed by atoms with van der Waals surface area (Å²) in [4.78, 5) is 2.59. The first-order valence-corrected chi connectivity index (χ1v) is 8.15. The number of hydrogen-bond acceptors (Lipinski definition) is 4. The molecule has 1 rings (SSSR count). The van der Waals surface area contributed by atoms with Gasteiger partial charge in [-0.15, -0.1) is 0 Å². The van der Waals surface area contributed by atoms with Gasteiger partial charge in [-0.05, 0) is 6.42 Å². The van der Waals surface area contributed by atoms with Crippen molar-refractivity contribution in [1.82, 2.24) is 4.90 Å². The van der Waals surface area contributed by atoms with Crippen molar-refractivity contribution < 1.29 is 14.0 Å². The molecule has 20 heavy (non-hydrogen) atoms. The van der Waals surface area contributed by atoms with Crippen LogP contribution in [0.5, 0.6) is 0 Å². The van der Waals surface area contributed by atoms with Crippen molar-refractivity contribution in [3.05, 3.63) is 0 Å². The number of hydrogen-bond donors (Lipinski definition) is 0. The topological polar surface area (TPSA) is 30.9 Å². The number of morpholine rings is 1. The monoisotopic (exact) mass is 285 g/mol. The van der Waals surface area contributed by atoms with Crippen LogP contribution in [0, 0.1) is 0 Å². The van der Waals surface area contributed by atoms with E-state index in [0.717, 1.165) is 32.7 Å². The minimum atomic E-state index is -0.0975. The average molecular weight is 285 g/mol. The molecule has 0 N–H and O–H groups in total. The third kappa shape index (κ3) is 5.36. The zero-order chi connectivity index (χ0) is 14.8. The molecule has 1 aliphatic heterocycles. The summed E-state index contributed by atoms with van der Waals surface area (Å²) in [7, 11) is 3.42. The Bertz CT molecular complexity index is 233. The molecule has 1 fully saturated rings. The van der Waals surface area contributed by atoms with Crippen molar-refractivity contribution in [2.24, 2.45) is 0 Å². The Morgan fingerprint density at radius 3 is 2.20 bits per heavy atom. The molecule has 0 spiro atoms. The van der Waals surface area contributed by atoms with E-state index >= 15 is 0 Å². The molecule has 0 aromatic rings. The van der Waals surface area contributed by atoms with Gasteiger partial charge in [-0.3, -0.25) is 4.90 Å². The predicted octanol–water partition coefficient (Wildman–Crippen LogP) is 2.83. The highest BCUT2D eigenvalue weighted by Crippen LogP contribution is 2.31. The van der Waals surface area contributed by atoms with E-state index in [1.165, 1.54) is 25.7 Å². The molecule has 0 amide bonds. The Hall–Kier alpha value is -0.0951. The average Bonchev–Trinajstić information content (AvgIpc) is 2.50. The second-order valence-electron chi connectivity index (χ2n) is 5.65. The fourth-order valence-corrected chi connectivity index (χ4v) is 3.28. The summed E-state index contributed by atoms with van der Waals surface area (Å²) >= 11 is 0. The highest BCUT2D eigenvalue weighted by Gasteiger charge is 2.37. The zero-order valence-electron chi connectivity index (χ0n) is 13.8. The van der Waals surface area contributed by atoms with Crippen LogP contribution in [-0.4, -0.2) is 58.6 Å². The minimum Gasteiger partial charge on any atom is -0.414 e. The van der Waals surface area contributed by atoms with Crippen LogP contribution in [0.3, 0.4) is 0 Å². The third-order valence-corrected chi connectivity index (χ3v) is 4.30. The van der Waals surface area contributed by atoms with Crippen molar-refractivity contribution in [2.45, 2.75) is 57.8 Å². The second kappa shape index (κ2) is 10.6. The minimum absolute atomic E-state index is 0.0975. The van der Waals surface area contributed by atoms with Crippen LogP contribution in [0.4, 0.5) is 0 Å². The van der Waals surface area contributed by atoms with Gasteiger partial charge in [0, 0.05) is 39.2 Å². The van der Waals surface area contributed by atoms with E-state index < -0.39 is 0 Å². The molecule has 1 aliphatic rings. The summed E-state index contributed by atoms with van der Waals surface area (Å²) in [5.74, 6) is 0.444. The van der Waals surface area contributed by atoms with Gasteiger partial charge in [-0.25, -0.2) is 0 Å². The van der Waals surface area contributed by atoms with Crippen molar-refractivity contribution in [2.75, 3.05) is 40.5 Å². The lowest BCUT2D eigenvalue weighted by molar-refractivity contribution is 0.00922. The molecular formula is C15H32BNO3. The molecule has 0 aromatic carbocycles. The smallest absolute Gasteiger partial charge is 0.414 e. The molecule has 4 nitrogen and oxygen atoms in total. The second-order valence-corrected chi connectivity index (χ2v) is 5.65. The fraction of sp³-hybridized carbons (Fsp3) is 1.00. The summed E-state index contributed by atoms with van der Waals surface area (Å²) in [5, 5.41) is 0. The van der Waals surface area contributed by atoms with E-state index in [4.69, 9.17) is 14.0 Å². The van der Waals surface area contributed by atoms with Gasteiger partial charge < -0.3 is 14.0 Å². The molecule has 0 unspecified atom stereocenters. The van der Waals surface area contributed by atoms with Gasteiger partial charge in [-0.2, -0.15) is 0 Å². The van der Waals surface area contributed by atoms with Gasteiger partial charge in [0.15, 0.2) is 0 Å². The Kier molecular flexibility index (Phi) is 9.52. The molecule has 5 heteroatoms. The quantitative estimate of drug-likeness (QED) is 0.578. The largest absolute Gasteiger partial charge is 0.461 e. The maximum absolute atomic E-state index is 5.59. The lowest BCUT2D eigenvalue weighted by atomic mass is 9.64. The molecule has 118 valence electrons. The summed E-state index contributed by atoms with van der Waals surface area (Å²) in [6, 6.07) is 0.545. The van der Waals surface area contributed by atoms with Crippen LogP contribution >= 0.6 is 0 Å². The van der Waals surface area contributed by atoms with Gasteiger partial charge in [-0.1, -0.05) is 39.5 Å². The highest BCUT2D eigenvalue weighted by molar-refractivity contribution is 6.46. The van der Waals surface area contributed by atoms with Crippen LogP contribution in [0.25, 0.3) is 0 Å². The molecular weight excluding hydrogens is 253 g/mol.